The molecule has 1 amide bonds. The van der Waals surface area contributed by atoms with Crippen LogP contribution in [0.25, 0.3) is 0 Å². The van der Waals surface area contributed by atoms with Crippen molar-refractivity contribution in [2.75, 3.05) is 23.7 Å². The molecule has 1 aliphatic rings. The van der Waals surface area contributed by atoms with Crippen LogP contribution < -0.4 is 16.4 Å². The second kappa shape index (κ2) is 5.96. The van der Waals surface area contributed by atoms with E-state index < -0.39 is 5.91 Å². The zero-order chi connectivity index (χ0) is 15.6. The molecule has 1 heterocycles. The number of carbonyl (C=O) groups excluding carboxylic acids is 1. The third-order valence-electron chi connectivity index (χ3n) is 4.58. The van der Waals surface area contributed by atoms with Crippen molar-refractivity contribution in [1.82, 2.24) is 0 Å². The summed E-state index contributed by atoms with van der Waals surface area (Å²) in [6.07, 6.45) is 3.53. The molecule has 1 aromatic carbocycles. The number of amides is 1. The zero-order valence-electron chi connectivity index (χ0n) is 13.4. The molecule has 1 saturated heterocycles. The summed E-state index contributed by atoms with van der Waals surface area (Å²) in [4.78, 5) is 13.9. The summed E-state index contributed by atoms with van der Waals surface area (Å²) in [6, 6.07) is 5.45. The van der Waals surface area contributed by atoms with E-state index >= 15 is 0 Å². The van der Waals surface area contributed by atoms with Gasteiger partial charge in [0.2, 0.25) is 0 Å². The zero-order valence-corrected chi connectivity index (χ0v) is 13.4. The van der Waals surface area contributed by atoms with E-state index in [1.807, 2.05) is 12.1 Å². The Hall–Kier alpha value is -1.71. The van der Waals surface area contributed by atoms with Crippen LogP contribution in [0.3, 0.4) is 0 Å². The summed E-state index contributed by atoms with van der Waals surface area (Å²) in [5.74, 6) is 0.308. The van der Waals surface area contributed by atoms with Gasteiger partial charge in [-0.3, -0.25) is 4.79 Å². The molecule has 2 rings (SSSR count). The predicted molar refractivity (Wildman–Crippen MR) is 88.4 cm³/mol. The van der Waals surface area contributed by atoms with Gasteiger partial charge < -0.3 is 16.4 Å². The van der Waals surface area contributed by atoms with Gasteiger partial charge in [0.15, 0.2) is 0 Å². The Bertz CT molecular complexity index is 519. The molecular formula is C17H27N3O. The lowest BCUT2D eigenvalue weighted by molar-refractivity contribution is 0.100. The molecule has 1 aromatic rings. The highest BCUT2D eigenvalue weighted by Gasteiger charge is 2.28. The summed E-state index contributed by atoms with van der Waals surface area (Å²) >= 11 is 0. The third kappa shape index (κ3) is 3.69. The van der Waals surface area contributed by atoms with Crippen molar-refractivity contribution in [2.45, 2.75) is 40.0 Å². The first kappa shape index (κ1) is 15.7. The molecule has 0 radical (unpaired) electrons. The molecule has 0 saturated carbocycles. The summed E-state index contributed by atoms with van der Waals surface area (Å²) in [5.41, 5.74) is 13.7. The second-order valence-corrected chi connectivity index (χ2v) is 7.12. The number of primary amides is 1. The Morgan fingerprint density at radius 3 is 2.57 bits per heavy atom. The van der Waals surface area contributed by atoms with Gasteiger partial charge in [-0.2, -0.15) is 0 Å². The first-order valence-corrected chi connectivity index (χ1v) is 7.73. The van der Waals surface area contributed by atoms with Crippen LogP contribution in [0, 0.1) is 11.3 Å². The molecular weight excluding hydrogens is 262 g/mol. The molecule has 4 heteroatoms. The van der Waals surface area contributed by atoms with Gasteiger partial charge in [0.05, 0.1) is 5.56 Å². The minimum absolute atomic E-state index is 0.337. The summed E-state index contributed by atoms with van der Waals surface area (Å²) in [7, 11) is 0. The van der Waals surface area contributed by atoms with E-state index in [0.29, 0.717) is 22.6 Å². The Balaban J connectivity index is 2.22. The molecule has 1 unspecified atom stereocenters. The van der Waals surface area contributed by atoms with E-state index in [1.165, 1.54) is 6.42 Å². The lowest BCUT2D eigenvalue weighted by Gasteiger charge is -2.30. The van der Waals surface area contributed by atoms with Gasteiger partial charge in [-0.25, -0.2) is 0 Å². The quantitative estimate of drug-likeness (QED) is 0.822. The van der Waals surface area contributed by atoms with Crippen LogP contribution in [0.1, 0.15) is 50.4 Å². The van der Waals surface area contributed by atoms with Crippen LogP contribution in [0.15, 0.2) is 18.2 Å². The van der Waals surface area contributed by atoms with Crippen molar-refractivity contribution in [3.05, 3.63) is 23.8 Å². The number of rotatable bonds is 2. The number of nitrogen functional groups attached to an aromatic ring is 1. The lowest BCUT2D eigenvalue weighted by atomic mass is 9.77. The number of nitrogens with two attached hydrogens (primary N) is 2. The summed E-state index contributed by atoms with van der Waals surface area (Å²) in [5, 5.41) is 0. The van der Waals surface area contributed by atoms with Crippen LogP contribution in [0.2, 0.25) is 0 Å². The van der Waals surface area contributed by atoms with Crippen LogP contribution in [-0.4, -0.2) is 19.0 Å². The van der Waals surface area contributed by atoms with Gasteiger partial charge in [-0.05, 0) is 48.8 Å². The lowest BCUT2D eigenvalue weighted by Crippen LogP contribution is -2.28. The Morgan fingerprint density at radius 2 is 1.95 bits per heavy atom. The van der Waals surface area contributed by atoms with Gasteiger partial charge in [0.1, 0.15) is 0 Å². The van der Waals surface area contributed by atoms with Crippen molar-refractivity contribution in [3.8, 4) is 0 Å². The Morgan fingerprint density at radius 1 is 1.24 bits per heavy atom. The van der Waals surface area contributed by atoms with Crippen molar-refractivity contribution < 1.29 is 4.79 Å². The van der Waals surface area contributed by atoms with E-state index in [4.69, 9.17) is 11.5 Å². The number of nitrogens with zero attached hydrogens (tertiary/aromatic N) is 1. The van der Waals surface area contributed by atoms with Crippen LogP contribution in [0.5, 0.6) is 0 Å². The van der Waals surface area contributed by atoms with Crippen LogP contribution in [-0.2, 0) is 0 Å². The van der Waals surface area contributed by atoms with Crippen LogP contribution in [0.4, 0.5) is 11.4 Å². The van der Waals surface area contributed by atoms with Crippen molar-refractivity contribution >= 4 is 17.3 Å². The molecule has 4 nitrogen and oxygen atoms in total. The predicted octanol–water partition coefficient (Wildman–Crippen LogP) is 3.02. The Kier molecular flexibility index (Phi) is 4.45. The van der Waals surface area contributed by atoms with E-state index in [-0.39, 0.29) is 0 Å². The maximum atomic E-state index is 11.7. The highest BCUT2D eigenvalue weighted by atomic mass is 16.1. The van der Waals surface area contributed by atoms with Gasteiger partial charge in [0, 0.05) is 24.5 Å². The fraction of sp³-hybridized carbons (Fsp3) is 0.588. The number of hydrogen-bond donors (Lipinski definition) is 2. The van der Waals surface area contributed by atoms with Gasteiger partial charge in [-0.1, -0.05) is 20.8 Å². The molecule has 0 spiro atoms. The first-order valence-electron chi connectivity index (χ1n) is 7.73. The topological polar surface area (TPSA) is 72.3 Å². The fourth-order valence-corrected chi connectivity index (χ4v) is 3.23. The normalized spacial score (nSPS) is 20.1. The maximum Gasteiger partial charge on any atom is 0.250 e. The van der Waals surface area contributed by atoms with Crippen molar-refractivity contribution in [1.29, 1.82) is 0 Å². The van der Waals surface area contributed by atoms with Crippen molar-refractivity contribution in [3.63, 3.8) is 0 Å². The van der Waals surface area contributed by atoms with E-state index in [9.17, 15) is 4.79 Å². The average molecular weight is 289 g/mol. The smallest absolute Gasteiger partial charge is 0.250 e. The molecule has 0 aromatic heterocycles. The van der Waals surface area contributed by atoms with E-state index in [0.717, 1.165) is 31.6 Å². The molecule has 0 bridgehead atoms. The molecule has 116 valence electrons. The molecule has 1 aliphatic heterocycles. The van der Waals surface area contributed by atoms with Gasteiger partial charge >= 0.3 is 0 Å². The summed E-state index contributed by atoms with van der Waals surface area (Å²) < 4.78 is 0. The number of benzene rings is 1. The Labute approximate surface area is 127 Å². The standard InChI is InChI=1S/C17H27N3O/c1-17(2,3)12-5-4-9-20(10-8-12)15-7-6-13(18)11-14(15)16(19)21/h6-7,11-12H,4-5,8-10,18H2,1-3H3,(H2,19,21). The highest BCUT2D eigenvalue weighted by Crippen LogP contribution is 2.35. The number of carbonyl (C=O) groups is 1. The largest absolute Gasteiger partial charge is 0.399 e. The van der Waals surface area contributed by atoms with Gasteiger partial charge in [0.25, 0.3) is 5.91 Å². The molecule has 4 N–H and O–H groups in total. The molecule has 1 fully saturated rings. The van der Waals surface area contributed by atoms with Crippen LogP contribution >= 0.6 is 0 Å². The molecule has 21 heavy (non-hydrogen) atoms. The maximum absolute atomic E-state index is 11.7. The van der Waals surface area contributed by atoms with Gasteiger partial charge in [-0.15, -0.1) is 0 Å². The average Bonchev–Trinajstić information content (AvgIpc) is 2.63. The van der Waals surface area contributed by atoms with Crippen molar-refractivity contribution in [2.24, 2.45) is 17.1 Å². The van der Waals surface area contributed by atoms with E-state index in [1.54, 1.807) is 6.07 Å². The monoisotopic (exact) mass is 289 g/mol. The first-order chi connectivity index (χ1) is 9.79. The number of anilines is 2. The number of hydrogen-bond acceptors (Lipinski definition) is 3. The fourth-order valence-electron chi connectivity index (χ4n) is 3.23. The second-order valence-electron chi connectivity index (χ2n) is 7.12. The van der Waals surface area contributed by atoms with E-state index in [2.05, 4.69) is 25.7 Å². The molecule has 0 aliphatic carbocycles. The SMILES string of the molecule is CC(C)(C)C1CCCN(c2ccc(N)cc2C(N)=O)CC1. The minimum Gasteiger partial charge on any atom is -0.399 e. The minimum atomic E-state index is -0.408. The summed E-state index contributed by atoms with van der Waals surface area (Å²) in [6.45, 7) is 8.87. The highest BCUT2D eigenvalue weighted by molar-refractivity contribution is 5.99. The molecule has 1 atom stereocenters. The third-order valence-corrected chi connectivity index (χ3v) is 4.58.